The van der Waals surface area contributed by atoms with E-state index in [0.717, 1.165) is 40.0 Å². The summed E-state index contributed by atoms with van der Waals surface area (Å²) in [5, 5.41) is 4.95. The van der Waals surface area contributed by atoms with E-state index in [1.165, 1.54) is 82.6 Å². The minimum Gasteiger partial charge on any atom is -0.309 e. The Morgan fingerprint density at radius 2 is 0.851 bits per heavy atom. The smallest absolute Gasteiger partial charge is 0.0713 e. The molecule has 0 unspecified atom stereocenters. The van der Waals surface area contributed by atoms with Crippen LogP contribution in [0.2, 0.25) is 0 Å². The van der Waals surface area contributed by atoms with Gasteiger partial charge in [-0.2, -0.15) is 0 Å². The van der Waals surface area contributed by atoms with Gasteiger partial charge in [0.1, 0.15) is 0 Å². The van der Waals surface area contributed by atoms with E-state index in [1.54, 1.807) is 0 Å². The lowest BCUT2D eigenvalue weighted by Gasteiger charge is -2.34. The summed E-state index contributed by atoms with van der Waals surface area (Å²) in [6.45, 7) is 4.59. The van der Waals surface area contributed by atoms with Crippen LogP contribution in [0.15, 0.2) is 231 Å². The van der Waals surface area contributed by atoms with Crippen molar-refractivity contribution in [3.63, 3.8) is 0 Å². The second kappa shape index (κ2) is 15.4. The lowest BCUT2D eigenvalue weighted by Crippen LogP contribution is -2.28. The van der Waals surface area contributed by atoms with Crippen molar-refractivity contribution in [3.05, 3.63) is 259 Å². The van der Waals surface area contributed by atoms with Crippen molar-refractivity contribution in [2.45, 2.75) is 25.7 Å². The fourth-order valence-electron chi connectivity index (χ4n) is 11.5. The van der Waals surface area contributed by atoms with Crippen LogP contribution in [0, 0.1) is 5.92 Å². The molecule has 13 rings (SSSR count). The summed E-state index contributed by atoms with van der Waals surface area (Å²) in [5.41, 5.74) is 19.9. The highest BCUT2D eigenvalue weighted by Crippen LogP contribution is 2.56. The number of hydrogen-bond donors (Lipinski definition) is 0. The molecule has 0 aliphatic heterocycles. The molecule has 3 heteroatoms. The third-order valence-electron chi connectivity index (χ3n) is 14.3. The van der Waals surface area contributed by atoms with Gasteiger partial charge < -0.3 is 9.13 Å². The number of para-hydroxylation sites is 4. The van der Waals surface area contributed by atoms with Gasteiger partial charge in [-0.3, -0.25) is 4.98 Å². The highest BCUT2D eigenvalue weighted by molar-refractivity contribution is 6.10. The normalized spacial score (nSPS) is 12.9. The van der Waals surface area contributed by atoms with Gasteiger partial charge in [0.15, 0.2) is 0 Å². The first-order valence-corrected chi connectivity index (χ1v) is 23.5. The van der Waals surface area contributed by atoms with Gasteiger partial charge in [0.05, 0.1) is 27.5 Å². The van der Waals surface area contributed by atoms with Gasteiger partial charge >= 0.3 is 0 Å². The number of aromatic nitrogens is 3. The zero-order valence-electron chi connectivity index (χ0n) is 37.6. The zero-order chi connectivity index (χ0) is 44.6. The summed E-state index contributed by atoms with van der Waals surface area (Å²) in [6, 6.07) is 81.1. The summed E-state index contributed by atoms with van der Waals surface area (Å²) in [6.07, 6.45) is 5.11. The van der Waals surface area contributed by atoms with Gasteiger partial charge in [0.25, 0.3) is 0 Å². The van der Waals surface area contributed by atoms with Crippen molar-refractivity contribution in [2.75, 3.05) is 0 Å². The Bertz CT molecular complexity index is 3600. The van der Waals surface area contributed by atoms with E-state index in [9.17, 15) is 0 Å². The molecule has 0 saturated heterocycles. The molecule has 3 aromatic heterocycles. The third-order valence-corrected chi connectivity index (χ3v) is 14.3. The third kappa shape index (κ3) is 6.08. The molecular formula is C64H47N3. The molecule has 3 heterocycles. The number of rotatable bonds is 8. The van der Waals surface area contributed by atoms with Crippen LogP contribution in [-0.4, -0.2) is 14.1 Å². The van der Waals surface area contributed by atoms with E-state index in [1.807, 2.05) is 12.4 Å². The minimum atomic E-state index is -0.502. The number of hydrogen-bond acceptors (Lipinski definition) is 1. The highest BCUT2D eigenvalue weighted by Gasteiger charge is 2.46. The molecular weight excluding hydrogens is 811 g/mol. The summed E-state index contributed by atoms with van der Waals surface area (Å²) in [5.74, 6) is 0.588. The van der Waals surface area contributed by atoms with Crippen LogP contribution in [0.3, 0.4) is 0 Å². The topological polar surface area (TPSA) is 22.8 Å². The molecule has 318 valence electrons. The van der Waals surface area contributed by atoms with Gasteiger partial charge in [0.2, 0.25) is 0 Å². The maximum absolute atomic E-state index is 5.02. The van der Waals surface area contributed by atoms with Crippen LogP contribution in [0.5, 0.6) is 0 Å². The summed E-state index contributed by atoms with van der Waals surface area (Å²) >= 11 is 0. The zero-order valence-corrected chi connectivity index (χ0v) is 37.6. The first-order chi connectivity index (χ1) is 33.0. The van der Waals surface area contributed by atoms with Crippen LogP contribution < -0.4 is 0 Å². The molecule has 1 aliphatic carbocycles. The molecule has 0 N–H and O–H groups in total. The first-order valence-electron chi connectivity index (χ1n) is 23.5. The van der Waals surface area contributed by atoms with Crippen LogP contribution in [0.4, 0.5) is 0 Å². The molecule has 0 bridgehead atoms. The fourth-order valence-corrected chi connectivity index (χ4v) is 11.5. The van der Waals surface area contributed by atoms with Crippen molar-refractivity contribution >= 4 is 43.6 Å². The van der Waals surface area contributed by atoms with Crippen molar-refractivity contribution in [1.29, 1.82) is 0 Å². The molecule has 0 atom stereocenters. The number of nitrogens with zero attached hydrogens (tertiary/aromatic N) is 3. The maximum atomic E-state index is 5.02. The molecule has 12 aromatic rings. The Hall–Kier alpha value is -8.27. The monoisotopic (exact) mass is 857 g/mol. The molecule has 0 fully saturated rings. The Morgan fingerprint density at radius 3 is 1.36 bits per heavy atom. The van der Waals surface area contributed by atoms with Crippen LogP contribution in [0.25, 0.3) is 88.4 Å². The molecule has 0 saturated carbocycles. The van der Waals surface area contributed by atoms with Crippen molar-refractivity contribution in [2.24, 2.45) is 5.92 Å². The van der Waals surface area contributed by atoms with Crippen LogP contribution >= 0.6 is 0 Å². The molecule has 0 radical (unpaired) electrons. The Balaban J connectivity index is 1.01. The van der Waals surface area contributed by atoms with Gasteiger partial charge in [-0.25, -0.2) is 0 Å². The van der Waals surface area contributed by atoms with E-state index in [0.29, 0.717) is 5.92 Å². The van der Waals surface area contributed by atoms with E-state index < -0.39 is 5.41 Å². The lowest BCUT2D eigenvalue weighted by atomic mass is 9.67. The summed E-state index contributed by atoms with van der Waals surface area (Å²) in [7, 11) is 0. The Morgan fingerprint density at radius 1 is 0.388 bits per heavy atom. The fraction of sp³-hybridized carbons (Fsp3) is 0.0781. The van der Waals surface area contributed by atoms with Crippen molar-refractivity contribution in [3.8, 4) is 44.8 Å². The van der Waals surface area contributed by atoms with Gasteiger partial charge in [0, 0.05) is 56.4 Å². The number of benzene rings is 9. The van der Waals surface area contributed by atoms with E-state index in [2.05, 4.69) is 241 Å². The Labute approximate surface area is 390 Å². The largest absolute Gasteiger partial charge is 0.309 e. The molecule has 1 aliphatic rings. The van der Waals surface area contributed by atoms with Gasteiger partial charge in [-0.15, -0.1) is 0 Å². The molecule has 3 nitrogen and oxygen atoms in total. The quantitative estimate of drug-likeness (QED) is 0.149. The molecule has 67 heavy (non-hydrogen) atoms. The average molecular weight is 858 g/mol. The predicted molar refractivity (Wildman–Crippen MR) is 280 cm³/mol. The van der Waals surface area contributed by atoms with E-state index in [4.69, 9.17) is 4.98 Å². The van der Waals surface area contributed by atoms with Crippen molar-refractivity contribution < 1.29 is 0 Å². The van der Waals surface area contributed by atoms with Crippen LogP contribution in [0.1, 0.15) is 41.7 Å². The summed E-state index contributed by atoms with van der Waals surface area (Å²) in [4.78, 5) is 5.02. The highest BCUT2D eigenvalue weighted by atomic mass is 15.0. The standard InChI is InChI=1S/C64H47N3/c1-42(2)34-43-30-32-48(33-31-43)64(58-24-9-3-18-52(58)53-19-4-10-25-59(53)64)49-17-15-16-44(36-49)46-35-47(41-65-40-46)45-37-50(66-60-26-11-5-20-54(60)55-21-6-12-27-61(55)66)39-51(38-45)67-62-28-13-7-22-56(62)57-23-8-14-29-63(57)67/h3-33,35-42H,34H2,1-2H3. The SMILES string of the molecule is CC(C)Cc1ccc(C2(c3cccc(-c4cncc(-c5cc(-n6c7ccccc7c7ccccc76)cc(-n6c7ccccc7c7ccccc76)c5)c4)c3)c3ccccc3-c3ccccc32)cc1. The van der Waals surface area contributed by atoms with Gasteiger partial charge in [-0.05, 0) is 117 Å². The number of fused-ring (bicyclic) bond motifs is 9. The van der Waals surface area contributed by atoms with Crippen LogP contribution in [-0.2, 0) is 11.8 Å². The van der Waals surface area contributed by atoms with E-state index in [-0.39, 0.29) is 0 Å². The molecule has 9 aromatic carbocycles. The van der Waals surface area contributed by atoms with Crippen molar-refractivity contribution in [1.82, 2.24) is 14.1 Å². The average Bonchev–Trinajstić information content (AvgIpc) is 4.01. The number of pyridine rings is 1. The molecule has 0 amide bonds. The first kappa shape index (κ1) is 39.1. The van der Waals surface area contributed by atoms with Gasteiger partial charge in [-0.1, -0.05) is 178 Å². The van der Waals surface area contributed by atoms with E-state index >= 15 is 0 Å². The summed E-state index contributed by atoms with van der Waals surface area (Å²) < 4.78 is 4.86. The predicted octanol–water partition coefficient (Wildman–Crippen LogP) is 16.2. The minimum absolute atomic E-state index is 0.502. The lowest BCUT2D eigenvalue weighted by molar-refractivity contribution is 0.646. The Kier molecular flexibility index (Phi) is 9.01. The molecule has 0 spiro atoms. The maximum Gasteiger partial charge on any atom is 0.0713 e. The second-order valence-electron chi connectivity index (χ2n) is 18.7. The second-order valence-corrected chi connectivity index (χ2v) is 18.7.